The third-order valence-electron chi connectivity index (χ3n) is 6.28. The van der Waals surface area contributed by atoms with Crippen molar-refractivity contribution in [3.05, 3.63) is 115 Å². The highest BCUT2D eigenvalue weighted by Crippen LogP contribution is 2.32. The zero-order valence-corrected chi connectivity index (χ0v) is 21.8. The minimum Gasteiger partial charge on any atom is -0.493 e. The van der Waals surface area contributed by atoms with E-state index in [1.165, 1.54) is 0 Å². The van der Waals surface area contributed by atoms with E-state index in [1.807, 2.05) is 67.1 Å². The Morgan fingerprint density at radius 1 is 1.00 bits per heavy atom. The average molecular weight is 527 g/mol. The Hall–Kier alpha value is -4.56. The van der Waals surface area contributed by atoms with Crippen molar-refractivity contribution in [3.63, 3.8) is 0 Å². The van der Waals surface area contributed by atoms with Crippen molar-refractivity contribution < 1.29 is 14.6 Å². The molecule has 0 aliphatic rings. The summed E-state index contributed by atoms with van der Waals surface area (Å²) in [7, 11) is 1.93. The van der Waals surface area contributed by atoms with E-state index in [0.29, 0.717) is 32.8 Å². The molecule has 0 radical (unpaired) electrons. The highest BCUT2D eigenvalue weighted by molar-refractivity contribution is 7.10. The number of nitrogens with one attached hydrogen (secondary N) is 1. The van der Waals surface area contributed by atoms with Crippen LogP contribution >= 0.6 is 11.3 Å². The third kappa shape index (κ3) is 4.86. The van der Waals surface area contributed by atoms with Crippen molar-refractivity contribution in [2.24, 2.45) is 7.05 Å². The molecule has 2 heterocycles. The maximum absolute atomic E-state index is 13.5. The Balaban J connectivity index is 1.37. The predicted octanol–water partition coefficient (Wildman–Crippen LogP) is 5.49. The second kappa shape index (κ2) is 10.4. The van der Waals surface area contributed by atoms with Crippen LogP contribution in [0.3, 0.4) is 0 Å². The van der Waals surface area contributed by atoms with Crippen LogP contribution < -0.4 is 19.8 Å². The van der Waals surface area contributed by atoms with Crippen molar-refractivity contribution in [3.8, 4) is 28.6 Å². The van der Waals surface area contributed by atoms with Gasteiger partial charge in [-0.15, -0.1) is 0 Å². The van der Waals surface area contributed by atoms with E-state index in [-0.39, 0.29) is 35.1 Å². The Morgan fingerprint density at radius 3 is 2.47 bits per heavy atom. The number of thiazole rings is 1. The monoisotopic (exact) mass is 526 g/mol. The van der Waals surface area contributed by atoms with E-state index in [4.69, 9.17) is 9.47 Å². The molecule has 0 saturated heterocycles. The van der Waals surface area contributed by atoms with Gasteiger partial charge in [0.05, 0.1) is 16.1 Å². The highest BCUT2D eigenvalue weighted by Gasteiger charge is 2.18. The number of aromatic amines is 1. The Bertz CT molecular complexity index is 1760. The van der Waals surface area contributed by atoms with Gasteiger partial charge in [-0.05, 0) is 42.3 Å². The molecule has 0 aliphatic heterocycles. The van der Waals surface area contributed by atoms with E-state index in [0.717, 1.165) is 28.0 Å². The maximum Gasteiger partial charge on any atom is 0.307 e. The van der Waals surface area contributed by atoms with Gasteiger partial charge in [-0.25, -0.2) is 0 Å². The van der Waals surface area contributed by atoms with Gasteiger partial charge < -0.3 is 19.1 Å². The first kappa shape index (κ1) is 25.1. The van der Waals surface area contributed by atoms with Gasteiger partial charge in [0, 0.05) is 18.0 Å². The average Bonchev–Trinajstić information content (AvgIpc) is 3.27. The van der Waals surface area contributed by atoms with Gasteiger partial charge in [0.2, 0.25) is 11.3 Å². The first-order valence-electron chi connectivity index (χ1n) is 12.0. The number of rotatable bonds is 8. The lowest BCUT2D eigenvalue weighted by Gasteiger charge is -2.18. The quantitative estimate of drug-likeness (QED) is 0.261. The lowest BCUT2D eigenvalue weighted by molar-refractivity contribution is 0.216. The van der Waals surface area contributed by atoms with Gasteiger partial charge in [0.15, 0.2) is 5.75 Å². The number of ether oxygens (including phenoxy) is 2. The summed E-state index contributed by atoms with van der Waals surface area (Å²) in [6, 6.07) is 22.7. The second-order valence-corrected chi connectivity index (χ2v) is 9.83. The largest absolute Gasteiger partial charge is 0.493 e. The van der Waals surface area contributed by atoms with E-state index in [9.17, 15) is 14.7 Å². The molecule has 0 unspecified atom stereocenters. The number of para-hydroxylation sites is 1. The zero-order valence-electron chi connectivity index (χ0n) is 21.0. The summed E-state index contributed by atoms with van der Waals surface area (Å²) in [6.45, 7) is 6.37. The topological polar surface area (TPSA) is 93.5 Å². The van der Waals surface area contributed by atoms with Crippen molar-refractivity contribution >= 4 is 27.8 Å². The molecule has 2 N–H and O–H groups in total. The minimum atomic E-state index is -0.354. The van der Waals surface area contributed by atoms with E-state index >= 15 is 0 Å². The SMILES string of the molecule is C=C(c1cccc(OCCOc2c(-c3ccc(C)cc3)n(C)c3ccccc3c2=O)c1)c1sc(=O)[nH]c1O. The number of aromatic hydroxyl groups is 1. The smallest absolute Gasteiger partial charge is 0.307 e. The summed E-state index contributed by atoms with van der Waals surface area (Å²) in [5.41, 5.74) is 4.59. The lowest BCUT2D eigenvalue weighted by Crippen LogP contribution is -2.18. The van der Waals surface area contributed by atoms with Crippen molar-refractivity contribution in [2.45, 2.75) is 6.92 Å². The number of pyridine rings is 1. The molecule has 0 bridgehead atoms. The van der Waals surface area contributed by atoms with Crippen LogP contribution in [-0.2, 0) is 7.05 Å². The number of benzene rings is 3. The molecule has 8 heteroatoms. The molecule has 0 spiro atoms. The standard InChI is InChI=1S/C30H26N2O5S/c1-18-11-13-20(14-12-18)25-27(26(33)23-9-4-5-10-24(23)32(25)3)37-16-15-36-22-8-6-7-21(17-22)19(2)28-29(34)31-30(35)38-28/h4-14,17,34H,2,15-16H2,1,3H3,(H,31,35). The fraction of sp³-hybridized carbons (Fsp3) is 0.133. The molecule has 0 fully saturated rings. The van der Waals surface area contributed by atoms with Gasteiger partial charge in [0.1, 0.15) is 19.0 Å². The van der Waals surface area contributed by atoms with Crippen LogP contribution in [0, 0.1) is 6.92 Å². The molecule has 38 heavy (non-hydrogen) atoms. The fourth-order valence-corrected chi connectivity index (χ4v) is 5.09. The van der Waals surface area contributed by atoms with E-state index in [1.54, 1.807) is 24.3 Å². The van der Waals surface area contributed by atoms with Crippen LogP contribution in [0.5, 0.6) is 17.4 Å². The molecule has 0 atom stereocenters. The lowest BCUT2D eigenvalue weighted by atomic mass is 10.1. The normalized spacial score (nSPS) is 11.0. The van der Waals surface area contributed by atoms with E-state index < -0.39 is 0 Å². The summed E-state index contributed by atoms with van der Waals surface area (Å²) < 4.78 is 14.0. The van der Waals surface area contributed by atoms with Gasteiger partial charge in [-0.1, -0.05) is 72.0 Å². The summed E-state index contributed by atoms with van der Waals surface area (Å²) >= 11 is 0.893. The van der Waals surface area contributed by atoms with Crippen molar-refractivity contribution in [1.29, 1.82) is 0 Å². The third-order valence-corrected chi connectivity index (χ3v) is 7.21. The second-order valence-electron chi connectivity index (χ2n) is 8.84. The van der Waals surface area contributed by atoms with Gasteiger partial charge in [0.25, 0.3) is 0 Å². The molecular formula is C30H26N2O5S. The summed E-state index contributed by atoms with van der Waals surface area (Å²) in [5, 5.41) is 10.5. The molecule has 7 nitrogen and oxygen atoms in total. The number of hydrogen-bond acceptors (Lipinski definition) is 6. The predicted molar refractivity (Wildman–Crippen MR) is 152 cm³/mol. The number of fused-ring (bicyclic) bond motifs is 1. The first-order chi connectivity index (χ1) is 18.3. The number of aryl methyl sites for hydroxylation is 2. The fourth-order valence-electron chi connectivity index (χ4n) is 4.36. The molecule has 3 aromatic carbocycles. The van der Waals surface area contributed by atoms with Crippen LogP contribution in [0.2, 0.25) is 0 Å². The molecule has 0 saturated carbocycles. The molecule has 192 valence electrons. The van der Waals surface area contributed by atoms with Crippen molar-refractivity contribution in [1.82, 2.24) is 9.55 Å². The number of aromatic nitrogens is 2. The van der Waals surface area contributed by atoms with Crippen LogP contribution in [-0.4, -0.2) is 27.9 Å². The summed E-state index contributed by atoms with van der Waals surface area (Å²) in [4.78, 5) is 27.4. The van der Waals surface area contributed by atoms with Crippen LogP contribution in [0.25, 0.3) is 27.7 Å². The van der Waals surface area contributed by atoms with Crippen LogP contribution in [0.1, 0.15) is 16.0 Å². The maximum atomic E-state index is 13.5. The van der Waals surface area contributed by atoms with Crippen molar-refractivity contribution in [2.75, 3.05) is 13.2 Å². The Kier molecular flexibility index (Phi) is 6.89. The van der Waals surface area contributed by atoms with Gasteiger partial charge in [-0.2, -0.15) is 0 Å². The minimum absolute atomic E-state index is 0.151. The molecule has 2 aromatic heterocycles. The number of H-pyrrole nitrogens is 1. The van der Waals surface area contributed by atoms with Gasteiger partial charge in [-0.3, -0.25) is 14.6 Å². The molecule has 0 aliphatic carbocycles. The first-order valence-corrected chi connectivity index (χ1v) is 12.8. The van der Waals surface area contributed by atoms with Crippen LogP contribution in [0.15, 0.2) is 89.0 Å². The highest BCUT2D eigenvalue weighted by atomic mass is 32.1. The zero-order chi connectivity index (χ0) is 26.8. The molecule has 5 rings (SSSR count). The Morgan fingerprint density at radius 2 is 1.74 bits per heavy atom. The summed E-state index contributed by atoms with van der Waals surface area (Å²) in [6.07, 6.45) is 0. The molecular weight excluding hydrogens is 500 g/mol. The molecule has 0 amide bonds. The number of nitrogens with zero attached hydrogens (tertiary/aromatic N) is 1. The summed E-state index contributed by atoms with van der Waals surface area (Å²) in [5.74, 6) is 0.643. The van der Waals surface area contributed by atoms with E-state index in [2.05, 4.69) is 11.6 Å². The molecule has 5 aromatic rings. The Labute approximate surface area is 222 Å². The van der Waals surface area contributed by atoms with Crippen LogP contribution in [0.4, 0.5) is 0 Å². The van der Waals surface area contributed by atoms with Gasteiger partial charge >= 0.3 is 4.87 Å². The number of hydrogen-bond donors (Lipinski definition) is 2.